The van der Waals surface area contributed by atoms with E-state index in [2.05, 4.69) is 12.2 Å². The fraction of sp³-hybridized carbons (Fsp3) is 0.714. The molecule has 2 atom stereocenters. The molecule has 60 valence electrons. The number of carbonyl (C=O) groups is 2. The summed E-state index contributed by atoms with van der Waals surface area (Å²) in [5.41, 5.74) is 0. The molecule has 4 nitrogen and oxygen atoms in total. The quantitative estimate of drug-likeness (QED) is 0.538. The van der Waals surface area contributed by atoms with E-state index >= 15 is 0 Å². The molecule has 4 heteroatoms. The molecule has 11 heavy (non-hydrogen) atoms. The molecule has 0 aromatic rings. The highest BCUT2D eigenvalue weighted by Crippen LogP contribution is 2.35. The molecule has 2 aliphatic rings. The van der Waals surface area contributed by atoms with Gasteiger partial charge in [0, 0.05) is 6.04 Å². The van der Waals surface area contributed by atoms with E-state index in [0.717, 1.165) is 6.42 Å². The molecule has 3 amide bonds. The third-order valence-corrected chi connectivity index (χ3v) is 2.29. The van der Waals surface area contributed by atoms with Crippen molar-refractivity contribution in [3.63, 3.8) is 0 Å². The Morgan fingerprint density at radius 2 is 2.18 bits per heavy atom. The van der Waals surface area contributed by atoms with Crippen molar-refractivity contribution in [3.8, 4) is 0 Å². The van der Waals surface area contributed by atoms with Crippen LogP contribution in [0.25, 0.3) is 0 Å². The second kappa shape index (κ2) is 1.96. The zero-order chi connectivity index (χ0) is 8.01. The van der Waals surface area contributed by atoms with Crippen LogP contribution in [0.15, 0.2) is 0 Å². The normalized spacial score (nSPS) is 35.9. The zero-order valence-corrected chi connectivity index (χ0v) is 6.33. The molecule has 1 aliphatic carbocycles. The molecule has 2 unspecified atom stereocenters. The van der Waals surface area contributed by atoms with Gasteiger partial charge in [0.25, 0.3) is 0 Å². The van der Waals surface area contributed by atoms with Crippen LogP contribution >= 0.6 is 0 Å². The fourth-order valence-electron chi connectivity index (χ4n) is 1.46. The maximum Gasteiger partial charge on any atom is 0.324 e. The second-order valence-corrected chi connectivity index (χ2v) is 3.26. The molecular weight excluding hydrogens is 144 g/mol. The van der Waals surface area contributed by atoms with Gasteiger partial charge in [0.1, 0.15) is 6.54 Å². The minimum Gasteiger partial charge on any atom is -0.312 e. The van der Waals surface area contributed by atoms with Crippen LogP contribution in [-0.4, -0.2) is 29.4 Å². The van der Waals surface area contributed by atoms with E-state index < -0.39 is 0 Å². The van der Waals surface area contributed by atoms with Crippen molar-refractivity contribution in [2.24, 2.45) is 5.92 Å². The van der Waals surface area contributed by atoms with Crippen LogP contribution in [0.3, 0.4) is 0 Å². The van der Waals surface area contributed by atoms with Crippen LogP contribution in [0.4, 0.5) is 4.79 Å². The molecule has 2 fully saturated rings. The van der Waals surface area contributed by atoms with Gasteiger partial charge in [-0.15, -0.1) is 0 Å². The predicted octanol–water partition coefficient (Wildman–Crippen LogP) is -0.0534. The standard InChI is InChI=1S/C7H10N2O2/c1-4-2-5(4)9-3-6(10)8-7(9)11/h4-5H,2-3H2,1H3,(H,8,10,11). The van der Waals surface area contributed by atoms with Crippen molar-refractivity contribution in [1.82, 2.24) is 10.2 Å². The van der Waals surface area contributed by atoms with Crippen molar-refractivity contribution in [2.45, 2.75) is 19.4 Å². The Bertz CT molecular complexity index is 226. The number of hydrogen-bond donors (Lipinski definition) is 1. The third kappa shape index (κ3) is 0.982. The van der Waals surface area contributed by atoms with Crippen LogP contribution in [0.1, 0.15) is 13.3 Å². The van der Waals surface area contributed by atoms with Crippen molar-refractivity contribution in [3.05, 3.63) is 0 Å². The van der Waals surface area contributed by atoms with Crippen molar-refractivity contribution >= 4 is 11.9 Å². The number of urea groups is 1. The largest absolute Gasteiger partial charge is 0.324 e. The predicted molar refractivity (Wildman–Crippen MR) is 37.8 cm³/mol. The Hall–Kier alpha value is -1.06. The van der Waals surface area contributed by atoms with E-state index in [1.165, 1.54) is 0 Å². The van der Waals surface area contributed by atoms with Gasteiger partial charge in [-0.2, -0.15) is 0 Å². The van der Waals surface area contributed by atoms with E-state index in [-0.39, 0.29) is 18.5 Å². The lowest BCUT2D eigenvalue weighted by atomic mass is 10.4. The van der Waals surface area contributed by atoms with Crippen LogP contribution in [0.5, 0.6) is 0 Å². The van der Waals surface area contributed by atoms with E-state index in [1.54, 1.807) is 4.90 Å². The van der Waals surface area contributed by atoms with Crippen LogP contribution in [0, 0.1) is 5.92 Å². The van der Waals surface area contributed by atoms with Gasteiger partial charge in [-0.3, -0.25) is 10.1 Å². The van der Waals surface area contributed by atoms with Crippen LogP contribution in [0.2, 0.25) is 0 Å². The van der Waals surface area contributed by atoms with Gasteiger partial charge in [0.05, 0.1) is 0 Å². The van der Waals surface area contributed by atoms with Gasteiger partial charge in [0.2, 0.25) is 5.91 Å². The summed E-state index contributed by atoms with van der Waals surface area (Å²) in [6, 6.07) is 0.103. The molecule has 2 rings (SSSR count). The molecular formula is C7H10N2O2. The lowest BCUT2D eigenvalue weighted by molar-refractivity contribution is -0.118. The Kier molecular flexibility index (Phi) is 1.19. The average Bonchev–Trinajstić information content (AvgIpc) is 2.52. The maximum atomic E-state index is 11.0. The Morgan fingerprint density at radius 1 is 1.55 bits per heavy atom. The van der Waals surface area contributed by atoms with Gasteiger partial charge in [-0.25, -0.2) is 4.79 Å². The Balaban J connectivity index is 2.04. The van der Waals surface area contributed by atoms with E-state index in [1.807, 2.05) is 0 Å². The number of nitrogens with zero attached hydrogens (tertiary/aromatic N) is 1. The van der Waals surface area contributed by atoms with Gasteiger partial charge in [0.15, 0.2) is 0 Å². The summed E-state index contributed by atoms with van der Waals surface area (Å²) < 4.78 is 0. The number of rotatable bonds is 1. The first-order valence-corrected chi connectivity index (χ1v) is 3.79. The number of hydrogen-bond acceptors (Lipinski definition) is 2. The first-order valence-electron chi connectivity index (χ1n) is 3.79. The molecule has 1 saturated heterocycles. The minimum absolute atomic E-state index is 0.172. The smallest absolute Gasteiger partial charge is 0.312 e. The number of carbonyl (C=O) groups excluding carboxylic acids is 2. The second-order valence-electron chi connectivity index (χ2n) is 3.26. The van der Waals surface area contributed by atoms with Crippen molar-refractivity contribution in [1.29, 1.82) is 0 Å². The topological polar surface area (TPSA) is 49.4 Å². The van der Waals surface area contributed by atoms with Crippen molar-refractivity contribution in [2.75, 3.05) is 6.54 Å². The van der Waals surface area contributed by atoms with E-state index in [9.17, 15) is 9.59 Å². The molecule has 0 aromatic heterocycles. The molecule has 0 spiro atoms. The van der Waals surface area contributed by atoms with Gasteiger partial charge >= 0.3 is 6.03 Å². The number of amides is 3. The summed E-state index contributed by atoms with van der Waals surface area (Å²) in [4.78, 5) is 23.4. The van der Waals surface area contributed by atoms with E-state index in [0.29, 0.717) is 12.0 Å². The van der Waals surface area contributed by atoms with Crippen LogP contribution < -0.4 is 5.32 Å². The minimum atomic E-state index is -0.218. The lowest BCUT2D eigenvalue weighted by Gasteiger charge is -2.10. The van der Waals surface area contributed by atoms with Crippen LogP contribution in [-0.2, 0) is 4.79 Å². The summed E-state index contributed by atoms with van der Waals surface area (Å²) in [6.07, 6.45) is 1.04. The average molecular weight is 154 g/mol. The molecule has 1 heterocycles. The summed E-state index contributed by atoms with van der Waals surface area (Å²) in [7, 11) is 0. The van der Waals surface area contributed by atoms with E-state index in [4.69, 9.17) is 0 Å². The maximum absolute atomic E-state index is 11.0. The van der Waals surface area contributed by atoms with Gasteiger partial charge < -0.3 is 4.90 Å². The third-order valence-electron chi connectivity index (χ3n) is 2.29. The van der Waals surface area contributed by atoms with Gasteiger partial charge in [-0.05, 0) is 12.3 Å². The lowest BCUT2D eigenvalue weighted by Crippen LogP contribution is -2.30. The monoisotopic (exact) mass is 154 g/mol. The Morgan fingerprint density at radius 3 is 2.55 bits per heavy atom. The molecule has 0 radical (unpaired) electrons. The molecule has 0 bridgehead atoms. The summed E-state index contributed by atoms with van der Waals surface area (Å²) in [5.74, 6) is 0.403. The number of imide groups is 1. The fourth-order valence-corrected chi connectivity index (χ4v) is 1.46. The summed E-state index contributed by atoms with van der Waals surface area (Å²) in [6.45, 7) is 2.34. The highest BCUT2D eigenvalue weighted by atomic mass is 16.2. The Labute approximate surface area is 64.5 Å². The highest BCUT2D eigenvalue weighted by Gasteiger charge is 2.44. The highest BCUT2D eigenvalue weighted by molar-refractivity contribution is 6.02. The van der Waals surface area contributed by atoms with Gasteiger partial charge in [-0.1, -0.05) is 6.92 Å². The SMILES string of the molecule is CC1CC1N1CC(=O)NC1=O. The molecule has 1 N–H and O–H groups in total. The number of nitrogens with one attached hydrogen (secondary N) is 1. The summed E-state index contributed by atoms with van der Waals surface area (Å²) >= 11 is 0. The molecule has 0 aromatic carbocycles. The summed E-state index contributed by atoms with van der Waals surface area (Å²) in [5, 5.41) is 2.26. The zero-order valence-electron chi connectivity index (χ0n) is 6.33. The first-order chi connectivity index (χ1) is 5.18. The first kappa shape index (κ1) is 6.64. The molecule has 1 saturated carbocycles. The van der Waals surface area contributed by atoms with Crippen molar-refractivity contribution < 1.29 is 9.59 Å². The molecule has 1 aliphatic heterocycles.